The lowest BCUT2D eigenvalue weighted by Gasteiger charge is -2.18. The summed E-state index contributed by atoms with van der Waals surface area (Å²) >= 11 is 4.40. The maximum Gasteiger partial charge on any atom is 0.297 e. The van der Waals surface area contributed by atoms with Crippen molar-refractivity contribution in [2.24, 2.45) is 11.8 Å². The Kier molecular flexibility index (Phi) is 12.0. The van der Waals surface area contributed by atoms with Gasteiger partial charge in [0.25, 0.3) is 16.0 Å². The Morgan fingerprint density at radius 1 is 1.07 bits per heavy atom. The third-order valence-electron chi connectivity index (χ3n) is 6.73. The van der Waals surface area contributed by atoms with E-state index in [1.54, 1.807) is 18.2 Å². The second-order valence-electron chi connectivity index (χ2n) is 10.7. The molecule has 9 nitrogen and oxygen atoms in total. The average Bonchev–Trinajstić information content (AvgIpc) is 3.28. The first-order valence-corrected chi connectivity index (χ1v) is 16.4. The number of ether oxygens (including phenoxy) is 1. The van der Waals surface area contributed by atoms with Gasteiger partial charge >= 0.3 is 0 Å². The summed E-state index contributed by atoms with van der Waals surface area (Å²) < 4.78 is 35.6. The van der Waals surface area contributed by atoms with Gasteiger partial charge in [0, 0.05) is 24.2 Å². The predicted octanol–water partition coefficient (Wildman–Crippen LogP) is 4.98. The summed E-state index contributed by atoms with van der Waals surface area (Å²) in [6.45, 7) is 10.7. The van der Waals surface area contributed by atoms with Gasteiger partial charge in [-0.1, -0.05) is 70.2 Å². The van der Waals surface area contributed by atoms with Crippen molar-refractivity contribution in [2.75, 3.05) is 12.4 Å². The molecule has 0 aliphatic heterocycles. The Hall–Kier alpha value is -3.31. The molecule has 228 valence electrons. The highest BCUT2D eigenvalue weighted by molar-refractivity contribution is 7.90. The summed E-state index contributed by atoms with van der Waals surface area (Å²) in [7, 11) is -4.01. The molecule has 2 amide bonds. The van der Waals surface area contributed by atoms with Gasteiger partial charge in [0.15, 0.2) is 0 Å². The Morgan fingerprint density at radius 2 is 1.76 bits per heavy atom. The number of carbonyl (C=O) groups is 2. The van der Waals surface area contributed by atoms with E-state index in [0.717, 1.165) is 36.7 Å². The van der Waals surface area contributed by atoms with Crippen molar-refractivity contribution >= 4 is 34.5 Å². The van der Waals surface area contributed by atoms with Gasteiger partial charge in [-0.2, -0.15) is 17.6 Å². The van der Waals surface area contributed by atoms with E-state index in [0.29, 0.717) is 54.9 Å². The first kappa shape index (κ1) is 33.2. The zero-order chi connectivity index (χ0) is 30.9. The van der Waals surface area contributed by atoms with E-state index in [2.05, 4.69) is 31.8 Å². The standard InChI is InChI=1S/C31H42N4O5S2/c1-6-16-40-31-33-27(7-2)28(18-32-30(37)25(20-41)17-21(3)4)35(31)19-23-12-14-24(15-13-23)26-10-8-9-11-29(26)42(38,39)34-22(5)36/h8-15,21,25,41H,6-7,16-20H2,1-5H3,(H,32,37)(H,34,36)/t25-/m1/s1. The maximum absolute atomic E-state index is 13.0. The minimum absolute atomic E-state index is 0.0261. The quantitative estimate of drug-likeness (QED) is 0.208. The minimum atomic E-state index is -4.01. The molecule has 0 aliphatic rings. The van der Waals surface area contributed by atoms with Crippen molar-refractivity contribution in [1.29, 1.82) is 0 Å². The predicted molar refractivity (Wildman–Crippen MR) is 168 cm³/mol. The van der Waals surface area contributed by atoms with E-state index >= 15 is 0 Å². The summed E-state index contributed by atoms with van der Waals surface area (Å²) in [6.07, 6.45) is 2.28. The first-order valence-electron chi connectivity index (χ1n) is 14.3. The topological polar surface area (TPSA) is 119 Å². The minimum Gasteiger partial charge on any atom is -0.465 e. The van der Waals surface area contributed by atoms with Crippen molar-refractivity contribution in [3.05, 3.63) is 65.5 Å². The van der Waals surface area contributed by atoms with Crippen LogP contribution in [0.2, 0.25) is 0 Å². The molecule has 0 bridgehead atoms. The first-order chi connectivity index (χ1) is 20.0. The zero-order valence-corrected chi connectivity index (χ0v) is 26.7. The van der Waals surface area contributed by atoms with E-state index in [1.165, 1.54) is 6.07 Å². The summed E-state index contributed by atoms with van der Waals surface area (Å²) in [5.74, 6) is 0.0218. The Balaban J connectivity index is 1.92. The fourth-order valence-corrected chi connectivity index (χ4v) is 6.30. The van der Waals surface area contributed by atoms with Gasteiger partial charge in [-0.05, 0) is 42.4 Å². The van der Waals surface area contributed by atoms with Crippen molar-refractivity contribution in [3.8, 4) is 17.1 Å². The van der Waals surface area contributed by atoms with E-state index in [4.69, 9.17) is 9.72 Å². The Bertz CT molecular complexity index is 1470. The van der Waals surface area contributed by atoms with Crippen LogP contribution in [0.1, 0.15) is 64.4 Å². The SMILES string of the molecule is CCCOc1nc(CC)c(CNC(=O)[C@@H](CS)CC(C)C)n1Cc1ccc(-c2ccccc2S(=O)(=O)NC(C)=O)cc1. The second kappa shape index (κ2) is 15.2. The number of nitrogens with zero attached hydrogens (tertiary/aromatic N) is 2. The number of amides is 2. The molecular formula is C31H42N4O5S2. The van der Waals surface area contributed by atoms with Gasteiger partial charge in [0.1, 0.15) is 0 Å². The molecule has 11 heteroatoms. The van der Waals surface area contributed by atoms with Crippen LogP contribution in [0.25, 0.3) is 11.1 Å². The van der Waals surface area contributed by atoms with Gasteiger partial charge in [0.2, 0.25) is 11.8 Å². The largest absolute Gasteiger partial charge is 0.465 e. The molecule has 1 aromatic heterocycles. The molecule has 2 aromatic carbocycles. The zero-order valence-electron chi connectivity index (χ0n) is 25.0. The van der Waals surface area contributed by atoms with Crippen LogP contribution in [-0.4, -0.2) is 42.1 Å². The van der Waals surface area contributed by atoms with Crippen LogP contribution < -0.4 is 14.8 Å². The van der Waals surface area contributed by atoms with Crippen LogP contribution in [0.15, 0.2) is 53.4 Å². The number of benzene rings is 2. The lowest BCUT2D eigenvalue weighted by molar-refractivity contribution is -0.125. The number of carbonyl (C=O) groups excluding carboxylic acids is 2. The van der Waals surface area contributed by atoms with Gasteiger partial charge < -0.3 is 10.1 Å². The molecule has 0 saturated heterocycles. The van der Waals surface area contributed by atoms with E-state index < -0.39 is 15.9 Å². The van der Waals surface area contributed by atoms with Gasteiger partial charge in [-0.3, -0.25) is 14.2 Å². The number of sulfonamides is 1. The van der Waals surface area contributed by atoms with Crippen molar-refractivity contribution < 1.29 is 22.7 Å². The van der Waals surface area contributed by atoms with Crippen LogP contribution >= 0.6 is 12.6 Å². The van der Waals surface area contributed by atoms with E-state index in [9.17, 15) is 18.0 Å². The monoisotopic (exact) mass is 614 g/mol. The molecule has 3 rings (SSSR count). The summed E-state index contributed by atoms with van der Waals surface area (Å²) in [4.78, 5) is 29.2. The molecular weight excluding hydrogens is 572 g/mol. The lowest BCUT2D eigenvalue weighted by Crippen LogP contribution is -2.33. The van der Waals surface area contributed by atoms with Crippen molar-refractivity contribution in [2.45, 2.75) is 71.9 Å². The molecule has 42 heavy (non-hydrogen) atoms. The van der Waals surface area contributed by atoms with Crippen LogP contribution in [0.3, 0.4) is 0 Å². The Morgan fingerprint density at radius 3 is 2.36 bits per heavy atom. The number of nitrogens with one attached hydrogen (secondary N) is 2. The molecule has 0 aliphatic carbocycles. The van der Waals surface area contributed by atoms with Crippen LogP contribution in [0.5, 0.6) is 6.01 Å². The molecule has 0 fully saturated rings. The molecule has 0 unspecified atom stereocenters. The molecule has 1 atom stereocenters. The molecule has 0 spiro atoms. The highest BCUT2D eigenvalue weighted by Gasteiger charge is 2.23. The second-order valence-corrected chi connectivity index (χ2v) is 12.7. The fourth-order valence-electron chi connectivity index (χ4n) is 4.76. The summed E-state index contributed by atoms with van der Waals surface area (Å²) in [5.41, 5.74) is 3.88. The third-order valence-corrected chi connectivity index (χ3v) is 8.66. The molecule has 0 radical (unpaired) electrons. The maximum atomic E-state index is 13.0. The van der Waals surface area contributed by atoms with E-state index in [-0.39, 0.29) is 16.7 Å². The molecule has 0 saturated carbocycles. The molecule has 3 aromatic rings. The fraction of sp³-hybridized carbons (Fsp3) is 0.452. The van der Waals surface area contributed by atoms with Crippen LogP contribution in [-0.2, 0) is 39.1 Å². The third kappa shape index (κ3) is 8.61. The lowest BCUT2D eigenvalue weighted by atomic mass is 9.98. The highest BCUT2D eigenvalue weighted by atomic mass is 32.2. The number of imidazole rings is 1. The van der Waals surface area contributed by atoms with Crippen molar-refractivity contribution in [1.82, 2.24) is 19.6 Å². The molecule has 1 heterocycles. The number of aromatic nitrogens is 2. The van der Waals surface area contributed by atoms with Gasteiger partial charge in [-0.25, -0.2) is 13.1 Å². The Labute approximate surface area is 254 Å². The average molecular weight is 615 g/mol. The normalized spacial score (nSPS) is 12.3. The number of rotatable bonds is 15. The van der Waals surface area contributed by atoms with Crippen molar-refractivity contribution in [3.63, 3.8) is 0 Å². The summed E-state index contributed by atoms with van der Waals surface area (Å²) in [5, 5.41) is 3.10. The van der Waals surface area contributed by atoms with Crippen LogP contribution in [0, 0.1) is 11.8 Å². The van der Waals surface area contributed by atoms with Gasteiger partial charge in [0.05, 0.1) is 36.0 Å². The van der Waals surface area contributed by atoms with E-state index in [1.807, 2.05) is 47.4 Å². The molecule has 2 N–H and O–H groups in total. The summed E-state index contributed by atoms with van der Waals surface area (Å²) in [6, 6.07) is 14.6. The smallest absolute Gasteiger partial charge is 0.297 e. The number of aryl methyl sites for hydroxylation is 1. The van der Waals surface area contributed by atoms with Gasteiger partial charge in [-0.15, -0.1) is 0 Å². The number of thiol groups is 1. The number of hydrogen-bond acceptors (Lipinski definition) is 7. The highest BCUT2D eigenvalue weighted by Crippen LogP contribution is 2.28. The number of hydrogen-bond donors (Lipinski definition) is 3. The van der Waals surface area contributed by atoms with Crippen LogP contribution in [0.4, 0.5) is 0 Å².